The van der Waals surface area contributed by atoms with Gasteiger partial charge in [-0.25, -0.2) is 4.98 Å². The highest BCUT2D eigenvalue weighted by atomic mass is 16.2. The molecule has 3 aromatic heterocycles. The molecule has 1 saturated heterocycles. The molecule has 7 nitrogen and oxygen atoms in total. The largest absolute Gasteiger partial charge is 0.329 e. The Morgan fingerprint density at radius 2 is 2.19 bits per heavy atom. The number of nitrogens with one attached hydrogen (secondary N) is 1. The summed E-state index contributed by atoms with van der Waals surface area (Å²) in [4.78, 5) is 24.3. The molecule has 1 fully saturated rings. The van der Waals surface area contributed by atoms with E-state index in [-0.39, 0.29) is 11.9 Å². The summed E-state index contributed by atoms with van der Waals surface area (Å²) < 4.78 is 1.74. The lowest BCUT2D eigenvalue weighted by atomic mass is 10.0. The maximum Gasteiger partial charge on any atom is 0.255 e. The Hall–Kier alpha value is -2.80. The van der Waals surface area contributed by atoms with Crippen LogP contribution < -0.4 is 5.32 Å². The standard InChI is InChI=1S/C19H22N6O/c1-12-9-15(17-13(2)23-24(3)18(17)22-12)19(26)25-8-7-21-11-16(25)14-5-4-6-20-10-14/h4-6,9-10,16,21H,7-8,11H2,1-3H3. The maximum absolute atomic E-state index is 13.5. The lowest BCUT2D eigenvalue weighted by Gasteiger charge is -2.36. The molecule has 0 radical (unpaired) electrons. The number of aromatic nitrogens is 4. The van der Waals surface area contributed by atoms with Crippen molar-refractivity contribution in [1.82, 2.24) is 30.0 Å². The molecule has 0 aromatic carbocycles. The van der Waals surface area contributed by atoms with E-state index in [0.717, 1.165) is 41.1 Å². The molecule has 1 unspecified atom stereocenters. The van der Waals surface area contributed by atoms with Crippen LogP contribution in [0.15, 0.2) is 30.6 Å². The maximum atomic E-state index is 13.5. The van der Waals surface area contributed by atoms with E-state index in [2.05, 4.69) is 20.4 Å². The second-order valence-corrected chi connectivity index (χ2v) is 6.72. The average Bonchev–Trinajstić information content (AvgIpc) is 2.95. The van der Waals surface area contributed by atoms with Gasteiger partial charge < -0.3 is 10.2 Å². The van der Waals surface area contributed by atoms with Crippen LogP contribution in [0, 0.1) is 13.8 Å². The molecule has 1 atom stereocenters. The third kappa shape index (κ3) is 2.74. The average molecular weight is 350 g/mol. The molecule has 4 rings (SSSR count). The number of carbonyl (C=O) groups excluding carboxylic acids is 1. The molecule has 134 valence electrons. The van der Waals surface area contributed by atoms with Crippen LogP contribution in [0.3, 0.4) is 0 Å². The number of rotatable bonds is 2. The number of nitrogens with zero attached hydrogens (tertiary/aromatic N) is 5. The molecule has 3 aromatic rings. The van der Waals surface area contributed by atoms with Gasteiger partial charge in [-0.3, -0.25) is 14.5 Å². The predicted molar refractivity (Wildman–Crippen MR) is 98.9 cm³/mol. The van der Waals surface area contributed by atoms with Crippen molar-refractivity contribution in [2.75, 3.05) is 19.6 Å². The van der Waals surface area contributed by atoms with Crippen molar-refractivity contribution in [2.24, 2.45) is 7.05 Å². The van der Waals surface area contributed by atoms with Crippen LogP contribution >= 0.6 is 0 Å². The zero-order valence-electron chi connectivity index (χ0n) is 15.2. The molecule has 0 saturated carbocycles. The van der Waals surface area contributed by atoms with Crippen molar-refractivity contribution in [1.29, 1.82) is 0 Å². The first-order valence-electron chi connectivity index (χ1n) is 8.79. The summed E-state index contributed by atoms with van der Waals surface area (Å²) in [6, 6.07) is 5.77. The molecule has 1 aliphatic rings. The first-order chi connectivity index (χ1) is 12.6. The number of fused-ring (bicyclic) bond motifs is 1. The molecule has 4 heterocycles. The van der Waals surface area contributed by atoms with Gasteiger partial charge in [-0.15, -0.1) is 0 Å². The van der Waals surface area contributed by atoms with Crippen molar-refractivity contribution in [3.63, 3.8) is 0 Å². The smallest absolute Gasteiger partial charge is 0.255 e. The number of pyridine rings is 2. The van der Waals surface area contributed by atoms with Crippen molar-refractivity contribution in [2.45, 2.75) is 19.9 Å². The third-order valence-electron chi connectivity index (χ3n) is 4.90. The van der Waals surface area contributed by atoms with Crippen LogP contribution in [-0.4, -0.2) is 50.2 Å². The molecule has 0 spiro atoms. The highest BCUT2D eigenvalue weighted by Gasteiger charge is 2.30. The SMILES string of the molecule is Cc1cc(C(=O)N2CCNCC2c2cccnc2)c2c(C)nn(C)c2n1. The minimum Gasteiger partial charge on any atom is -0.329 e. The topological polar surface area (TPSA) is 75.9 Å². The second kappa shape index (κ2) is 6.49. The zero-order chi connectivity index (χ0) is 18.3. The van der Waals surface area contributed by atoms with Crippen LogP contribution in [0.2, 0.25) is 0 Å². The van der Waals surface area contributed by atoms with Crippen LogP contribution in [0.1, 0.15) is 33.4 Å². The fourth-order valence-corrected chi connectivity index (χ4v) is 3.71. The van der Waals surface area contributed by atoms with Gasteiger partial charge in [0, 0.05) is 44.8 Å². The number of hydrogen-bond acceptors (Lipinski definition) is 5. The van der Waals surface area contributed by atoms with Gasteiger partial charge in [-0.1, -0.05) is 6.07 Å². The molecule has 1 aliphatic heterocycles. The zero-order valence-corrected chi connectivity index (χ0v) is 15.2. The predicted octanol–water partition coefficient (Wildman–Crippen LogP) is 1.77. The fourth-order valence-electron chi connectivity index (χ4n) is 3.71. The van der Waals surface area contributed by atoms with Crippen LogP contribution in [0.4, 0.5) is 0 Å². The van der Waals surface area contributed by atoms with E-state index in [1.165, 1.54) is 0 Å². The van der Waals surface area contributed by atoms with Gasteiger partial charge in [-0.05, 0) is 31.5 Å². The van der Waals surface area contributed by atoms with Crippen molar-refractivity contribution in [3.05, 3.63) is 53.1 Å². The second-order valence-electron chi connectivity index (χ2n) is 6.72. The van der Waals surface area contributed by atoms with Crippen molar-refractivity contribution < 1.29 is 4.79 Å². The van der Waals surface area contributed by atoms with E-state index in [9.17, 15) is 4.79 Å². The van der Waals surface area contributed by atoms with E-state index < -0.39 is 0 Å². The quantitative estimate of drug-likeness (QED) is 0.762. The lowest BCUT2D eigenvalue weighted by molar-refractivity contribution is 0.0636. The minimum absolute atomic E-state index is 0.0203. The summed E-state index contributed by atoms with van der Waals surface area (Å²) in [6.07, 6.45) is 3.58. The summed E-state index contributed by atoms with van der Waals surface area (Å²) in [7, 11) is 1.86. The van der Waals surface area contributed by atoms with Gasteiger partial charge in [0.15, 0.2) is 5.65 Å². The van der Waals surface area contributed by atoms with Gasteiger partial charge in [0.1, 0.15) is 0 Å². The first kappa shape index (κ1) is 16.7. The summed E-state index contributed by atoms with van der Waals surface area (Å²) >= 11 is 0. The fraction of sp³-hybridized carbons (Fsp3) is 0.368. The third-order valence-corrected chi connectivity index (χ3v) is 4.90. The number of hydrogen-bond donors (Lipinski definition) is 1. The lowest BCUT2D eigenvalue weighted by Crippen LogP contribution is -2.48. The molecule has 1 amide bonds. The number of piperazine rings is 1. The number of aryl methyl sites for hydroxylation is 3. The monoisotopic (exact) mass is 350 g/mol. The van der Waals surface area contributed by atoms with Crippen molar-refractivity contribution >= 4 is 16.9 Å². The Bertz CT molecular complexity index is 965. The van der Waals surface area contributed by atoms with E-state index in [1.54, 1.807) is 10.9 Å². The molecular formula is C19H22N6O. The number of amides is 1. The molecular weight excluding hydrogens is 328 g/mol. The van der Waals surface area contributed by atoms with E-state index in [4.69, 9.17) is 0 Å². The molecule has 26 heavy (non-hydrogen) atoms. The molecule has 7 heteroatoms. The van der Waals surface area contributed by atoms with Gasteiger partial charge in [-0.2, -0.15) is 5.10 Å². The van der Waals surface area contributed by atoms with E-state index in [0.29, 0.717) is 12.1 Å². The van der Waals surface area contributed by atoms with E-state index in [1.807, 2.05) is 50.2 Å². The molecule has 1 N–H and O–H groups in total. The summed E-state index contributed by atoms with van der Waals surface area (Å²) in [6.45, 7) is 5.99. The Labute approximate surface area is 152 Å². The van der Waals surface area contributed by atoms with Crippen LogP contribution in [0.5, 0.6) is 0 Å². The summed E-state index contributed by atoms with van der Waals surface area (Å²) in [5, 5.41) is 8.68. The van der Waals surface area contributed by atoms with Crippen LogP contribution in [-0.2, 0) is 7.05 Å². The Morgan fingerprint density at radius 1 is 1.35 bits per heavy atom. The molecule has 0 aliphatic carbocycles. The van der Waals surface area contributed by atoms with Gasteiger partial charge in [0.05, 0.1) is 22.7 Å². The Morgan fingerprint density at radius 3 is 2.96 bits per heavy atom. The van der Waals surface area contributed by atoms with Crippen LogP contribution in [0.25, 0.3) is 11.0 Å². The highest BCUT2D eigenvalue weighted by molar-refractivity contribution is 6.06. The highest BCUT2D eigenvalue weighted by Crippen LogP contribution is 2.28. The Balaban J connectivity index is 1.80. The number of carbonyl (C=O) groups is 1. The normalized spacial score (nSPS) is 17.7. The first-order valence-corrected chi connectivity index (χ1v) is 8.79. The van der Waals surface area contributed by atoms with Gasteiger partial charge in [0.25, 0.3) is 5.91 Å². The van der Waals surface area contributed by atoms with Gasteiger partial charge in [0.2, 0.25) is 0 Å². The summed E-state index contributed by atoms with van der Waals surface area (Å²) in [5.41, 5.74) is 4.11. The molecule has 0 bridgehead atoms. The van der Waals surface area contributed by atoms with Crippen molar-refractivity contribution in [3.8, 4) is 0 Å². The van der Waals surface area contributed by atoms with E-state index >= 15 is 0 Å². The Kier molecular flexibility index (Phi) is 4.16. The van der Waals surface area contributed by atoms with Gasteiger partial charge >= 0.3 is 0 Å². The minimum atomic E-state index is -0.0366. The summed E-state index contributed by atoms with van der Waals surface area (Å²) in [5.74, 6) is 0.0203.